The van der Waals surface area contributed by atoms with Gasteiger partial charge in [0.15, 0.2) is 5.69 Å². The second-order valence-electron chi connectivity index (χ2n) is 4.63. The lowest BCUT2D eigenvalue weighted by molar-refractivity contribution is 0.0689. The molecule has 1 unspecified atom stereocenters. The minimum atomic E-state index is -1.08. The number of fused-ring (bicyclic) bond motifs is 1. The average Bonchev–Trinajstić information content (AvgIpc) is 3.01. The van der Waals surface area contributed by atoms with Crippen molar-refractivity contribution >= 4 is 17.7 Å². The van der Waals surface area contributed by atoms with Gasteiger partial charge >= 0.3 is 5.97 Å². The van der Waals surface area contributed by atoms with Gasteiger partial charge in [-0.05, 0) is 18.1 Å². The van der Waals surface area contributed by atoms with Gasteiger partial charge in [0.1, 0.15) is 0 Å². The van der Waals surface area contributed by atoms with Gasteiger partial charge in [-0.1, -0.05) is 23.4 Å². The Bertz CT molecular complexity index is 631. The predicted octanol–water partition coefficient (Wildman–Crippen LogP) is 1.15. The molecule has 20 heavy (non-hydrogen) atoms. The Labute approximate surface area is 120 Å². The Morgan fingerprint density at radius 1 is 1.50 bits per heavy atom. The molecule has 0 fully saturated rings. The van der Waals surface area contributed by atoms with E-state index in [2.05, 4.69) is 22.4 Å². The molecule has 1 aliphatic rings. The Morgan fingerprint density at radius 2 is 2.30 bits per heavy atom. The summed E-state index contributed by atoms with van der Waals surface area (Å²) in [5.74, 6) is -1.08. The van der Waals surface area contributed by atoms with E-state index in [1.54, 1.807) is 16.4 Å². The maximum atomic E-state index is 11.0. The van der Waals surface area contributed by atoms with Gasteiger partial charge in [0, 0.05) is 16.7 Å². The Morgan fingerprint density at radius 3 is 3.00 bits per heavy atom. The maximum absolute atomic E-state index is 11.0. The maximum Gasteiger partial charge on any atom is 0.358 e. The highest BCUT2D eigenvalue weighted by Crippen LogP contribution is 2.37. The fourth-order valence-electron chi connectivity index (χ4n) is 2.40. The quantitative estimate of drug-likeness (QED) is 0.877. The molecule has 0 bridgehead atoms. The van der Waals surface area contributed by atoms with Gasteiger partial charge in [-0.2, -0.15) is 0 Å². The number of nitrogens with zero attached hydrogens (tertiary/aromatic N) is 3. The fraction of sp³-hybridized carbons (Fsp3) is 0.308. The van der Waals surface area contributed by atoms with E-state index >= 15 is 0 Å². The first-order chi connectivity index (χ1) is 9.69. The molecule has 1 aromatic heterocycles. The lowest BCUT2D eigenvalue weighted by Gasteiger charge is -2.10. The summed E-state index contributed by atoms with van der Waals surface area (Å²) in [7, 11) is 0. The van der Waals surface area contributed by atoms with Crippen molar-refractivity contribution in [2.45, 2.75) is 29.7 Å². The molecule has 3 N–H and O–H groups in total. The van der Waals surface area contributed by atoms with Gasteiger partial charge in [0.25, 0.3) is 0 Å². The monoisotopic (exact) mass is 290 g/mol. The van der Waals surface area contributed by atoms with Crippen LogP contribution in [0.5, 0.6) is 0 Å². The van der Waals surface area contributed by atoms with Crippen LogP contribution >= 0.6 is 11.8 Å². The van der Waals surface area contributed by atoms with Crippen molar-refractivity contribution in [1.82, 2.24) is 15.0 Å². The van der Waals surface area contributed by atoms with Crippen LogP contribution in [0.2, 0.25) is 0 Å². The van der Waals surface area contributed by atoms with Gasteiger partial charge in [-0.25, -0.2) is 9.48 Å². The van der Waals surface area contributed by atoms with Crippen molar-refractivity contribution in [3.05, 3.63) is 41.2 Å². The normalized spacial score (nSPS) is 17.1. The van der Waals surface area contributed by atoms with E-state index in [9.17, 15) is 4.79 Å². The Kier molecular flexibility index (Phi) is 3.45. The van der Waals surface area contributed by atoms with Crippen LogP contribution in [-0.2, 0) is 19.5 Å². The van der Waals surface area contributed by atoms with Crippen LogP contribution in [0.3, 0.4) is 0 Å². The van der Waals surface area contributed by atoms with Crippen molar-refractivity contribution in [1.29, 1.82) is 0 Å². The van der Waals surface area contributed by atoms with E-state index in [1.165, 1.54) is 10.5 Å². The van der Waals surface area contributed by atoms with Crippen LogP contribution in [0.15, 0.2) is 29.2 Å². The lowest BCUT2D eigenvalue weighted by Crippen LogP contribution is -2.18. The first-order valence-electron chi connectivity index (χ1n) is 6.29. The van der Waals surface area contributed by atoms with Crippen molar-refractivity contribution < 1.29 is 9.90 Å². The number of aromatic nitrogens is 3. The third-order valence-corrected chi connectivity index (χ3v) is 4.63. The van der Waals surface area contributed by atoms with E-state index < -0.39 is 5.97 Å². The molecule has 1 aliphatic heterocycles. The van der Waals surface area contributed by atoms with E-state index in [1.807, 2.05) is 12.1 Å². The molecule has 2 aromatic rings. The predicted molar refractivity (Wildman–Crippen MR) is 74.7 cm³/mol. The molecule has 1 atom stereocenters. The van der Waals surface area contributed by atoms with Crippen LogP contribution in [0, 0.1) is 0 Å². The molecule has 0 radical (unpaired) electrons. The first kappa shape index (κ1) is 13.1. The molecule has 3 rings (SSSR count). The number of rotatable bonds is 4. The SMILES string of the molecule is NCc1c(C(=O)O)nnn1CC1Cc2ccccc2S1. The number of carboxylic acids is 1. The summed E-state index contributed by atoms with van der Waals surface area (Å²) in [6.45, 7) is 0.741. The Balaban J connectivity index is 1.79. The number of benzene rings is 1. The van der Waals surface area contributed by atoms with E-state index in [-0.39, 0.29) is 12.2 Å². The Hall–Kier alpha value is -1.86. The number of nitrogens with two attached hydrogens (primary N) is 1. The molecular formula is C13H14N4O2S. The highest BCUT2D eigenvalue weighted by Gasteiger charge is 2.25. The smallest absolute Gasteiger partial charge is 0.358 e. The summed E-state index contributed by atoms with van der Waals surface area (Å²) in [4.78, 5) is 12.3. The molecular weight excluding hydrogens is 276 g/mol. The molecule has 1 aromatic carbocycles. The fourth-order valence-corrected chi connectivity index (χ4v) is 3.69. The molecule has 2 heterocycles. The zero-order chi connectivity index (χ0) is 14.1. The van der Waals surface area contributed by atoms with Gasteiger partial charge in [-0.15, -0.1) is 16.9 Å². The van der Waals surface area contributed by atoms with Crippen LogP contribution in [-0.4, -0.2) is 31.3 Å². The van der Waals surface area contributed by atoms with Crippen molar-refractivity contribution in [3.63, 3.8) is 0 Å². The first-order valence-corrected chi connectivity index (χ1v) is 7.17. The third-order valence-electron chi connectivity index (χ3n) is 3.32. The summed E-state index contributed by atoms with van der Waals surface area (Å²) in [5, 5.41) is 17.0. The number of aromatic carboxylic acids is 1. The summed E-state index contributed by atoms with van der Waals surface area (Å²) in [5.41, 5.74) is 7.38. The molecule has 0 amide bonds. The molecule has 7 heteroatoms. The van der Waals surface area contributed by atoms with Gasteiger partial charge < -0.3 is 10.8 Å². The molecule has 0 saturated heterocycles. The number of carbonyl (C=O) groups is 1. The second-order valence-corrected chi connectivity index (χ2v) is 5.97. The van der Waals surface area contributed by atoms with E-state index in [0.717, 1.165) is 6.42 Å². The second kappa shape index (κ2) is 5.26. The lowest BCUT2D eigenvalue weighted by atomic mass is 10.1. The minimum absolute atomic E-state index is 0.0481. The zero-order valence-corrected chi connectivity index (χ0v) is 11.5. The summed E-state index contributed by atoms with van der Waals surface area (Å²) >= 11 is 1.79. The van der Waals surface area contributed by atoms with E-state index in [0.29, 0.717) is 17.5 Å². The van der Waals surface area contributed by atoms with Crippen LogP contribution in [0.1, 0.15) is 21.7 Å². The van der Waals surface area contributed by atoms with Crippen LogP contribution in [0.4, 0.5) is 0 Å². The zero-order valence-electron chi connectivity index (χ0n) is 10.7. The third kappa shape index (κ3) is 2.30. The topological polar surface area (TPSA) is 94.0 Å². The summed E-state index contributed by atoms with van der Waals surface area (Å²) < 4.78 is 1.62. The number of hydrogen-bond donors (Lipinski definition) is 2. The van der Waals surface area contributed by atoms with Gasteiger partial charge in [0.2, 0.25) is 0 Å². The number of carboxylic acid groups (broad SMARTS) is 1. The molecule has 0 aliphatic carbocycles. The summed E-state index contributed by atoms with van der Waals surface area (Å²) in [6.07, 6.45) is 0.952. The largest absolute Gasteiger partial charge is 0.476 e. The van der Waals surface area contributed by atoms with Gasteiger partial charge in [-0.3, -0.25) is 0 Å². The molecule has 104 valence electrons. The highest BCUT2D eigenvalue weighted by atomic mass is 32.2. The van der Waals surface area contributed by atoms with Crippen molar-refractivity contribution in [3.8, 4) is 0 Å². The highest BCUT2D eigenvalue weighted by molar-refractivity contribution is 8.00. The molecule has 0 saturated carbocycles. The molecule has 6 nitrogen and oxygen atoms in total. The summed E-state index contributed by atoms with van der Waals surface area (Å²) in [6, 6.07) is 8.28. The van der Waals surface area contributed by atoms with E-state index in [4.69, 9.17) is 10.8 Å². The molecule has 0 spiro atoms. The van der Waals surface area contributed by atoms with Crippen molar-refractivity contribution in [2.24, 2.45) is 5.73 Å². The van der Waals surface area contributed by atoms with Gasteiger partial charge in [0.05, 0.1) is 12.2 Å². The standard InChI is InChI=1S/C13H14N4O2S/c14-6-10-12(13(18)19)15-16-17(10)7-9-5-8-3-1-2-4-11(8)20-9/h1-4,9H,5-7,14H2,(H,18,19). The number of thioether (sulfide) groups is 1. The van der Waals surface area contributed by atoms with Crippen molar-refractivity contribution in [2.75, 3.05) is 0 Å². The van der Waals surface area contributed by atoms with Crippen LogP contribution < -0.4 is 5.73 Å². The minimum Gasteiger partial charge on any atom is -0.476 e. The average molecular weight is 290 g/mol. The van der Waals surface area contributed by atoms with Crippen LogP contribution in [0.25, 0.3) is 0 Å². The number of hydrogen-bond acceptors (Lipinski definition) is 5.